The first kappa shape index (κ1) is 50.2. The van der Waals surface area contributed by atoms with E-state index in [0.29, 0.717) is 13.2 Å². The molecule has 0 aromatic heterocycles. The summed E-state index contributed by atoms with van der Waals surface area (Å²) in [6, 6.07) is 0. The van der Waals surface area contributed by atoms with Gasteiger partial charge < -0.3 is 29.2 Å². The molecule has 0 aromatic rings. The lowest BCUT2D eigenvalue weighted by atomic mass is 10.1. The summed E-state index contributed by atoms with van der Waals surface area (Å²) in [5.41, 5.74) is 0. The average Bonchev–Trinajstić information content (AvgIpc) is 3.11. The molecule has 2 N–H and O–H groups in total. The predicted molar refractivity (Wildman–Crippen MR) is 218 cm³/mol. The zero-order chi connectivity index (χ0) is 37.5. The van der Waals surface area contributed by atoms with Crippen molar-refractivity contribution in [2.45, 2.75) is 245 Å². The third-order valence-electron chi connectivity index (χ3n) is 9.53. The van der Waals surface area contributed by atoms with Gasteiger partial charge in [0.15, 0.2) is 12.6 Å². The average molecular weight is 725 g/mol. The minimum Gasteiger partial charge on any atom is -0.388 e. The summed E-state index contributed by atoms with van der Waals surface area (Å²) >= 11 is 0. The SMILES string of the molecule is CCCCCCCCC=CCCCCCCCCOC(OCC(C)OC(OCCCCCCCCC=CCCCCCCCC)C(C)O)C(C)O. The van der Waals surface area contributed by atoms with E-state index in [1.54, 1.807) is 13.8 Å². The fraction of sp³-hybridized carbons (Fsp3) is 0.911. The van der Waals surface area contributed by atoms with Gasteiger partial charge in [0.25, 0.3) is 0 Å². The Kier molecular flexibility index (Phi) is 39.8. The summed E-state index contributed by atoms with van der Waals surface area (Å²) in [5.74, 6) is 0. The van der Waals surface area contributed by atoms with Crippen molar-refractivity contribution in [2.24, 2.45) is 0 Å². The Hall–Kier alpha value is -0.760. The lowest BCUT2D eigenvalue weighted by molar-refractivity contribution is -0.241. The topological polar surface area (TPSA) is 77.4 Å². The van der Waals surface area contributed by atoms with Crippen LogP contribution in [0.5, 0.6) is 0 Å². The molecule has 0 heterocycles. The van der Waals surface area contributed by atoms with Crippen LogP contribution >= 0.6 is 0 Å². The van der Waals surface area contributed by atoms with Crippen molar-refractivity contribution < 1.29 is 29.2 Å². The number of hydrogen-bond donors (Lipinski definition) is 2. The fourth-order valence-corrected chi connectivity index (χ4v) is 6.22. The molecule has 5 unspecified atom stereocenters. The van der Waals surface area contributed by atoms with E-state index in [-0.39, 0.29) is 12.7 Å². The van der Waals surface area contributed by atoms with Crippen molar-refractivity contribution in [1.29, 1.82) is 0 Å². The van der Waals surface area contributed by atoms with E-state index in [2.05, 4.69) is 38.2 Å². The van der Waals surface area contributed by atoms with Crippen LogP contribution in [0.2, 0.25) is 0 Å². The van der Waals surface area contributed by atoms with E-state index in [4.69, 9.17) is 18.9 Å². The van der Waals surface area contributed by atoms with Gasteiger partial charge in [-0.05, 0) is 85.0 Å². The molecule has 0 rings (SSSR count). The second-order valence-electron chi connectivity index (χ2n) is 15.1. The van der Waals surface area contributed by atoms with Crippen molar-refractivity contribution in [2.75, 3.05) is 19.8 Å². The Morgan fingerprint density at radius 3 is 1.06 bits per heavy atom. The molecule has 51 heavy (non-hydrogen) atoms. The molecular weight excluding hydrogens is 636 g/mol. The first-order valence-electron chi connectivity index (χ1n) is 22.1. The fourth-order valence-electron chi connectivity index (χ4n) is 6.22. The monoisotopic (exact) mass is 725 g/mol. The number of aliphatic hydroxyl groups is 2. The number of allylic oxidation sites excluding steroid dienone is 4. The highest BCUT2D eigenvalue weighted by atomic mass is 16.7. The molecule has 5 atom stereocenters. The van der Waals surface area contributed by atoms with Crippen LogP contribution in [0.25, 0.3) is 0 Å². The van der Waals surface area contributed by atoms with E-state index in [1.807, 2.05) is 6.92 Å². The Morgan fingerprint density at radius 1 is 0.392 bits per heavy atom. The lowest BCUT2D eigenvalue weighted by Gasteiger charge is -2.27. The normalized spacial score (nSPS) is 15.2. The van der Waals surface area contributed by atoms with E-state index < -0.39 is 24.8 Å². The van der Waals surface area contributed by atoms with Gasteiger partial charge in [-0.25, -0.2) is 0 Å². The quantitative estimate of drug-likeness (QED) is 0.0371. The van der Waals surface area contributed by atoms with Crippen molar-refractivity contribution in [3.63, 3.8) is 0 Å². The summed E-state index contributed by atoms with van der Waals surface area (Å²) in [5, 5.41) is 20.4. The molecule has 0 spiro atoms. The summed E-state index contributed by atoms with van der Waals surface area (Å²) < 4.78 is 23.6. The molecular formula is C45H88O6. The van der Waals surface area contributed by atoms with Crippen LogP contribution in [0.4, 0.5) is 0 Å². The number of hydrogen-bond acceptors (Lipinski definition) is 6. The highest BCUT2D eigenvalue weighted by Crippen LogP contribution is 2.14. The smallest absolute Gasteiger partial charge is 0.183 e. The molecule has 0 amide bonds. The van der Waals surface area contributed by atoms with Gasteiger partial charge >= 0.3 is 0 Å². The summed E-state index contributed by atoms with van der Waals surface area (Å²) in [7, 11) is 0. The Labute approximate surface area is 317 Å². The van der Waals surface area contributed by atoms with E-state index in [1.165, 1.54) is 154 Å². The van der Waals surface area contributed by atoms with Crippen LogP contribution in [0.1, 0.15) is 214 Å². The summed E-state index contributed by atoms with van der Waals surface area (Å²) in [6.45, 7) is 11.2. The molecule has 0 aliphatic rings. The first-order valence-corrected chi connectivity index (χ1v) is 22.1. The lowest BCUT2D eigenvalue weighted by Crippen LogP contribution is -2.37. The number of aliphatic hydroxyl groups excluding tert-OH is 2. The molecule has 0 fully saturated rings. The number of ether oxygens (including phenoxy) is 4. The third-order valence-corrected chi connectivity index (χ3v) is 9.53. The van der Waals surface area contributed by atoms with Crippen LogP contribution in [-0.4, -0.2) is 60.9 Å². The van der Waals surface area contributed by atoms with Crippen molar-refractivity contribution in [1.82, 2.24) is 0 Å². The molecule has 0 aliphatic heterocycles. The highest BCUT2D eigenvalue weighted by Gasteiger charge is 2.22. The van der Waals surface area contributed by atoms with Gasteiger partial charge in [-0.1, -0.05) is 154 Å². The van der Waals surface area contributed by atoms with Gasteiger partial charge in [0.1, 0.15) is 12.2 Å². The van der Waals surface area contributed by atoms with Gasteiger partial charge in [0.05, 0.1) is 12.7 Å². The molecule has 0 saturated heterocycles. The minimum absolute atomic E-state index is 0.254. The largest absolute Gasteiger partial charge is 0.388 e. The Bertz CT molecular complexity index is 723. The van der Waals surface area contributed by atoms with Crippen molar-refractivity contribution in [3.05, 3.63) is 24.3 Å². The summed E-state index contributed by atoms with van der Waals surface area (Å²) in [4.78, 5) is 0. The van der Waals surface area contributed by atoms with Crippen LogP contribution < -0.4 is 0 Å². The Balaban J connectivity index is 3.83. The molecule has 0 saturated carbocycles. The molecule has 0 radical (unpaired) electrons. The van der Waals surface area contributed by atoms with Gasteiger partial charge in [0, 0.05) is 13.2 Å². The molecule has 0 bridgehead atoms. The molecule has 304 valence electrons. The van der Waals surface area contributed by atoms with Gasteiger partial charge in [-0.15, -0.1) is 0 Å². The standard InChI is InChI=1S/C45H88O6/c1-6-8-10-12-14-16-18-20-22-24-26-28-30-32-34-36-38-48-44(42(4)46)50-40-41(3)51-45(43(5)47)49-39-37-35-33-31-29-27-25-23-21-19-17-15-13-11-9-7-2/h20-23,41-47H,6-19,24-40H2,1-5H3. The maximum atomic E-state index is 10.2. The van der Waals surface area contributed by atoms with E-state index >= 15 is 0 Å². The Morgan fingerprint density at radius 2 is 0.706 bits per heavy atom. The maximum absolute atomic E-state index is 10.2. The second-order valence-corrected chi connectivity index (χ2v) is 15.1. The van der Waals surface area contributed by atoms with Crippen LogP contribution in [0.15, 0.2) is 24.3 Å². The van der Waals surface area contributed by atoms with Crippen LogP contribution in [0.3, 0.4) is 0 Å². The van der Waals surface area contributed by atoms with Gasteiger partial charge in [0.2, 0.25) is 0 Å². The number of rotatable bonds is 41. The molecule has 6 heteroatoms. The second kappa shape index (κ2) is 40.4. The first-order chi connectivity index (χ1) is 24.9. The van der Waals surface area contributed by atoms with Crippen molar-refractivity contribution in [3.8, 4) is 0 Å². The predicted octanol–water partition coefficient (Wildman–Crippen LogP) is 12.9. The van der Waals surface area contributed by atoms with Crippen LogP contribution in [-0.2, 0) is 18.9 Å². The maximum Gasteiger partial charge on any atom is 0.183 e. The van der Waals surface area contributed by atoms with Crippen molar-refractivity contribution >= 4 is 0 Å². The molecule has 6 nitrogen and oxygen atoms in total. The highest BCUT2D eigenvalue weighted by molar-refractivity contribution is 4.82. The molecule has 0 aromatic carbocycles. The summed E-state index contributed by atoms with van der Waals surface area (Å²) in [6.07, 6.45) is 42.0. The zero-order valence-corrected chi connectivity index (χ0v) is 34.6. The van der Waals surface area contributed by atoms with E-state index in [0.717, 1.165) is 25.7 Å². The zero-order valence-electron chi connectivity index (χ0n) is 34.6. The molecule has 0 aliphatic carbocycles. The third kappa shape index (κ3) is 37.4. The van der Waals surface area contributed by atoms with Crippen LogP contribution in [0, 0.1) is 0 Å². The van der Waals surface area contributed by atoms with E-state index in [9.17, 15) is 10.2 Å². The number of unbranched alkanes of at least 4 members (excludes halogenated alkanes) is 24. The minimum atomic E-state index is -0.739. The van der Waals surface area contributed by atoms with Gasteiger partial charge in [-0.3, -0.25) is 0 Å². The van der Waals surface area contributed by atoms with Gasteiger partial charge in [-0.2, -0.15) is 0 Å².